The molecule has 5 aromatic carbocycles. The maximum absolute atomic E-state index is 13.1. The second-order valence-corrected chi connectivity index (χ2v) is 9.59. The Kier molecular flexibility index (Phi) is 6.07. The van der Waals surface area contributed by atoms with Crippen molar-refractivity contribution in [2.24, 2.45) is 0 Å². The van der Waals surface area contributed by atoms with Gasteiger partial charge in [-0.1, -0.05) is 109 Å². The molecule has 192 valence electrons. The van der Waals surface area contributed by atoms with E-state index in [0.29, 0.717) is 11.3 Å². The number of carbonyl (C=O) groups excluding carboxylic acids is 1. The molecule has 0 radical (unpaired) electrons. The lowest BCUT2D eigenvalue weighted by Gasteiger charge is -2.37. The van der Waals surface area contributed by atoms with Gasteiger partial charge < -0.3 is 4.74 Å². The average molecular weight is 521 g/mol. The number of carbonyl (C=O) groups is 1. The summed E-state index contributed by atoms with van der Waals surface area (Å²) in [4.78, 5) is 11.9. The molecule has 1 aliphatic rings. The van der Waals surface area contributed by atoms with Crippen molar-refractivity contribution in [3.8, 4) is 5.75 Å². The highest BCUT2D eigenvalue weighted by Crippen LogP contribution is 2.46. The Labute approximate surface area is 224 Å². The summed E-state index contributed by atoms with van der Waals surface area (Å²) in [5, 5.41) is 1.60. The number of alkyl halides is 3. The maximum atomic E-state index is 13.1. The molecule has 0 fully saturated rings. The van der Waals surface area contributed by atoms with Gasteiger partial charge >= 0.3 is 6.18 Å². The number of halogens is 3. The van der Waals surface area contributed by atoms with Gasteiger partial charge in [0.2, 0.25) is 0 Å². The predicted octanol–water partition coefficient (Wildman–Crippen LogP) is 8.17. The zero-order valence-corrected chi connectivity index (χ0v) is 20.8. The van der Waals surface area contributed by atoms with Gasteiger partial charge in [-0.3, -0.25) is 4.79 Å². The molecule has 0 saturated carbocycles. The van der Waals surface area contributed by atoms with Crippen molar-refractivity contribution in [3.05, 3.63) is 161 Å². The van der Waals surface area contributed by atoms with Gasteiger partial charge in [0.05, 0.1) is 11.7 Å². The molecule has 0 N–H and O–H groups in total. The summed E-state index contributed by atoms with van der Waals surface area (Å²) < 4.78 is 44.9. The molecule has 6 rings (SSSR count). The van der Waals surface area contributed by atoms with Gasteiger partial charge in [0.1, 0.15) is 5.75 Å². The molecular formula is C34H23F3O2. The topological polar surface area (TPSA) is 26.3 Å². The van der Waals surface area contributed by atoms with E-state index in [0.717, 1.165) is 39.3 Å². The Balaban J connectivity index is 1.57. The van der Waals surface area contributed by atoms with Crippen LogP contribution in [0.2, 0.25) is 0 Å². The van der Waals surface area contributed by atoms with Crippen molar-refractivity contribution in [2.75, 3.05) is 0 Å². The molecule has 1 heterocycles. The van der Waals surface area contributed by atoms with E-state index >= 15 is 0 Å². The van der Waals surface area contributed by atoms with Crippen LogP contribution < -0.4 is 4.74 Å². The van der Waals surface area contributed by atoms with Gasteiger partial charge in [-0.25, -0.2) is 0 Å². The van der Waals surface area contributed by atoms with E-state index in [-0.39, 0.29) is 6.42 Å². The molecule has 0 atom stereocenters. The predicted molar refractivity (Wildman–Crippen MR) is 146 cm³/mol. The molecule has 0 aliphatic carbocycles. The van der Waals surface area contributed by atoms with Crippen molar-refractivity contribution < 1.29 is 22.7 Å². The minimum Gasteiger partial charge on any atom is -0.464 e. The van der Waals surface area contributed by atoms with E-state index in [4.69, 9.17) is 4.74 Å². The molecule has 0 amide bonds. The minimum atomic E-state index is -4.95. The number of ether oxygens (including phenoxy) is 1. The van der Waals surface area contributed by atoms with Crippen LogP contribution in [0.5, 0.6) is 5.75 Å². The van der Waals surface area contributed by atoms with E-state index in [9.17, 15) is 18.0 Å². The first-order valence-electron chi connectivity index (χ1n) is 12.6. The Bertz CT molecular complexity index is 1590. The Morgan fingerprint density at radius 1 is 0.641 bits per heavy atom. The van der Waals surface area contributed by atoms with Crippen molar-refractivity contribution in [1.29, 1.82) is 0 Å². The van der Waals surface area contributed by atoms with Crippen LogP contribution in [0.15, 0.2) is 133 Å². The van der Waals surface area contributed by atoms with E-state index in [2.05, 4.69) is 42.5 Å². The number of ketones is 1. The fourth-order valence-corrected chi connectivity index (χ4v) is 5.65. The van der Waals surface area contributed by atoms with Gasteiger partial charge in [-0.15, -0.1) is 0 Å². The quantitative estimate of drug-likeness (QED) is 0.219. The van der Waals surface area contributed by atoms with Crippen LogP contribution in [0.25, 0.3) is 10.8 Å². The monoisotopic (exact) mass is 520 g/mol. The lowest BCUT2D eigenvalue weighted by Crippen LogP contribution is -2.31. The fourth-order valence-electron chi connectivity index (χ4n) is 5.65. The summed E-state index contributed by atoms with van der Waals surface area (Å²) in [5.41, 5.74) is 3.79. The average Bonchev–Trinajstić information content (AvgIpc) is 2.98. The molecular weight excluding hydrogens is 497 g/mol. The second-order valence-electron chi connectivity index (χ2n) is 9.59. The van der Waals surface area contributed by atoms with Gasteiger partial charge in [0.25, 0.3) is 5.78 Å². The number of rotatable bonds is 5. The van der Waals surface area contributed by atoms with Gasteiger partial charge in [0.15, 0.2) is 0 Å². The van der Waals surface area contributed by atoms with Crippen LogP contribution in [-0.4, -0.2) is 12.0 Å². The lowest BCUT2D eigenvalue weighted by molar-refractivity contribution is -0.166. The maximum Gasteiger partial charge on any atom is 0.454 e. The SMILES string of the molecule is O=C(C1=COc2ccc3cc(C(c4ccccc4)(c4ccccc4)c4ccccc4)ccc3c2C1)C(F)(F)F. The van der Waals surface area contributed by atoms with Crippen molar-refractivity contribution in [3.63, 3.8) is 0 Å². The van der Waals surface area contributed by atoms with E-state index < -0.39 is 22.9 Å². The largest absolute Gasteiger partial charge is 0.464 e. The molecule has 1 aliphatic heterocycles. The van der Waals surface area contributed by atoms with Crippen LogP contribution in [-0.2, 0) is 16.6 Å². The molecule has 0 saturated heterocycles. The van der Waals surface area contributed by atoms with Crippen LogP contribution in [0, 0.1) is 0 Å². The molecule has 2 nitrogen and oxygen atoms in total. The highest BCUT2D eigenvalue weighted by Gasteiger charge is 2.42. The van der Waals surface area contributed by atoms with Crippen LogP contribution in [0.4, 0.5) is 13.2 Å². The van der Waals surface area contributed by atoms with E-state index in [1.54, 1.807) is 6.07 Å². The van der Waals surface area contributed by atoms with Gasteiger partial charge in [-0.05, 0) is 45.2 Å². The minimum absolute atomic E-state index is 0.147. The number of fused-ring (bicyclic) bond motifs is 3. The third kappa shape index (κ3) is 4.20. The summed E-state index contributed by atoms with van der Waals surface area (Å²) in [6, 6.07) is 40.5. The standard InChI is InChI=1S/C34H23F3O2/c35-34(36,37)32(38)24-21-30-29-18-17-28(20-23(29)16-19-31(30)39-22-24)33(25-10-4-1-5-11-25,26-12-6-2-7-13-26)27-14-8-3-9-15-27/h1-20,22H,21H2. The Hall–Kier alpha value is -4.64. The van der Waals surface area contributed by atoms with Crippen molar-refractivity contribution >= 4 is 16.6 Å². The summed E-state index contributed by atoms with van der Waals surface area (Å²) in [6.45, 7) is 0. The first-order valence-corrected chi connectivity index (χ1v) is 12.6. The van der Waals surface area contributed by atoms with Crippen molar-refractivity contribution in [2.45, 2.75) is 18.0 Å². The molecule has 39 heavy (non-hydrogen) atoms. The first kappa shape index (κ1) is 24.7. The number of hydrogen-bond donors (Lipinski definition) is 0. The Morgan fingerprint density at radius 3 is 1.69 bits per heavy atom. The molecule has 5 heteroatoms. The number of benzene rings is 5. The third-order valence-corrected chi connectivity index (χ3v) is 7.39. The lowest BCUT2D eigenvalue weighted by atomic mass is 9.65. The fraction of sp³-hybridized carbons (Fsp3) is 0.0882. The van der Waals surface area contributed by atoms with Gasteiger partial charge in [0, 0.05) is 17.6 Å². The molecule has 0 aromatic heterocycles. The summed E-state index contributed by atoms with van der Waals surface area (Å²) in [5.74, 6) is -1.42. The molecule has 0 unspecified atom stereocenters. The third-order valence-electron chi connectivity index (χ3n) is 7.39. The smallest absolute Gasteiger partial charge is 0.454 e. The number of hydrogen-bond acceptors (Lipinski definition) is 2. The van der Waals surface area contributed by atoms with Crippen LogP contribution in [0.1, 0.15) is 27.8 Å². The van der Waals surface area contributed by atoms with Gasteiger partial charge in [-0.2, -0.15) is 13.2 Å². The summed E-state index contributed by atoms with van der Waals surface area (Å²) in [7, 11) is 0. The van der Waals surface area contributed by atoms with E-state index in [1.165, 1.54) is 0 Å². The zero-order valence-electron chi connectivity index (χ0n) is 20.8. The molecule has 5 aromatic rings. The van der Waals surface area contributed by atoms with Crippen LogP contribution in [0.3, 0.4) is 0 Å². The highest BCUT2D eigenvalue weighted by atomic mass is 19.4. The first-order chi connectivity index (χ1) is 18.9. The number of Topliss-reactive ketones (excluding diaryl/α,β-unsaturated/α-hetero) is 1. The highest BCUT2D eigenvalue weighted by molar-refractivity contribution is 6.01. The summed E-state index contributed by atoms with van der Waals surface area (Å²) in [6.07, 6.45) is -4.18. The number of allylic oxidation sites excluding steroid dienone is 1. The zero-order chi connectivity index (χ0) is 27.0. The summed E-state index contributed by atoms with van der Waals surface area (Å²) >= 11 is 0. The normalized spacial score (nSPS) is 13.4. The van der Waals surface area contributed by atoms with E-state index in [1.807, 2.05) is 72.8 Å². The van der Waals surface area contributed by atoms with Crippen LogP contribution >= 0.6 is 0 Å². The molecule has 0 spiro atoms. The van der Waals surface area contributed by atoms with Crippen molar-refractivity contribution in [1.82, 2.24) is 0 Å². The Morgan fingerprint density at radius 2 is 1.18 bits per heavy atom. The molecule has 0 bridgehead atoms. The second kappa shape index (κ2) is 9.59.